The average molecular weight is 1060 g/mol. The molecule has 0 aromatic heterocycles. The van der Waals surface area contributed by atoms with Crippen LogP contribution in [0.25, 0.3) is 0 Å². The van der Waals surface area contributed by atoms with Gasteiger partial charge in [-0.25, -0.2) is 33.7 Å². The molecule has 390 valence electrons. The Balaban J connectivity index is 1.68. The Labute approximate surface area is 411 Å². The minimum atomic E-state index is -4.90. The van der Waals surface area contributed by atoms with Gasteiger partial charge in [0.25, 0.3) is 0 Å². The number of anilines is 1. The molecule has 24 heteroatoms. The number of fused-ring (bicyclic) bond motifs is 2. The van der Waals surface area contributed by atoms with Crippen molar-refractivity contribution in [3.05, 3.63) is 95.8 Å². The minimum absolute atomic E-state index is 0.0331. The maximum absolute atomic E-state index is 12.2. The molecule has 0 fully saturated rings. The van der Waals surface area contributed by atoms with Gasteiger partial charge in [-0.05, 0) is 94.3 Å². The summed E-state index contributed by atoms with van der Waals surface area (Å²) in [6.45, 7) is 6.42. The quantitative estimate of drug-likeness (QED) is 0.0465. The molecule has 70 heavy (non-hydrogen) atoms. The molecule has 2 unspecified atom stereocenters. The van der Waals surface area contributed by atoms with Crippen LogP contribution in [0.4, 0.5) is 11.4 Å². The lowest BCUT2D eigenvalue weighted by Gasteiger charge is -2.30. The third kappa shape index (κ3) is 17.3. The molecule has 0 radical (unpaired) electrons. The molecule has 2 aliphatic rings. The van der Waals surface area contributed by atoms with E-state index in [9.17, 15) is 56.7 Å². The first-order valence-electron chi connectivity index (χ1n) is 22.5. The van der Waals surface area contributed by atoms with Gasteiger partial charge in [0.05, 0.1) is 81.7 Å². The number of unbranched alkanes of at least 4 members (excludes halogenated alkanes) is 2. The third-order valence-electron chi connectivity index (χ3n) is 12.0. The van der Waals surface area contributed by atoms with Crippen molar-refractivity contribution < 1.29 is 85.3 Å². The summed E-state index contributed by atoms with van der Waals surface area (Å²) in [6.07, 6.45) is 13.3. The summed E-state index contributed by atoms with van der Waals surface area (Å²) in [5.74, 6) is -2.31. The highest BCUT2D eigenvalue weighted by Crippen LogP contribution is 2.51. The normalized spacial score (nSPS) is 19.4. The Morgan fingerprint density at radius 2 is 1.19 bits per heavy atom. The van der Waals surface area contributed by atoms with Gasteiger partial charge in [-0.1, -0.05) is 30.4 Å². The summed E-state index contributed by atoms with van der Waals surface area (Å²) in [6, 6.07) is 7.90. The molecule has 0 bridgehead atoms. The van der Waals surface area contributed by atoms with Gasteiger partial charge in [0, 0.05) is 72.5 Å². The fraction of sp³-hybridized carbons (Fsp3) is 0.522. The lowest BCUT2D eigenvalue weighted by atomic mass is 9.76. The molecule has 0 aliphatic carbocycles. The van der Waals surface area contributed by atoms with Gasteiger partial charge in [-0.15, -0.1) is 0 Å². The first kappa shape index (κ1) is 58.4. The smallest absolute Gasteiger partial charge is 0.303 e. The first-order valence-corrected chi connectivity index (χ1v) is 28.5. The Bertz CT molecular complexity index is 2750. The van der Waals surface area contributed by atoms with E-state index in [0.717, 1.165) is 0 Å². The number of benzene rings is 2. The maximum atomic E-state index is 12.2. The molecule has 2 aromatic rings. The van der Waals surface area contributed by atoms with Crippen molar-refractivity contribution in [2.24, 2.45) is 0 Å². The zero-order valence-corrected chi connectivity index (χ0v) is 42.6. The second kappa shape index (κ2) is 26.0. The van der Waals surface area contributed by atoms with Crippen LogP contribution in [0.3, 0.4) is 0 Å². The van der Waals surface area contributed by atoms with Gasteiger partial charge in [-0.2, -0.15) is 4.58 Å². The fourth-order valence-corrected chi connectivity index (χ4v) is 10.6. The second-order valence-corrected chi connectivity index (χ2v) is 22.9. The Morgan fingerprint density at radius 3 is 1.76 bits per heavy atom. The molecule has 20 nitrogen and oxygen atoms in total. The Hall–Kier alpha value is -4.18. The van der Waals surface area contributed by atoms with E-state index in [1.54, 1.807) is 63.5 Å². The van der Waals surface area contributed by atoms with Gasteiger partial charge < -0.3 is 47.2 Å². The van der Waals surface area contributed by atoms with Crippen LogP contribution in [0.15, 0.2) is 94.4 Å². The maximum Gasteiger partial charge on any atom is 0.303 e. The highest BCUT2D eigenvalue weighted by atomic mass is 32.2. The number of carboxylic acid groups (broad SMARTS) is 1. The van der Waals surface area contributed by atoms with E-state index in [1.807, 2.05) is 9.48 Å². The van der Waals surface area contributed by atoms with E-state index in [-0.39, 0.29) is 58.5 Å². The van der Waals surface area contributed by atoms with Gasteiger partial charge in [0.15, 0.2) is 5.71 Å². The highest BCUT2D eigenvalue weighted by Gasteiger charge is 2.48. The number of hydrogen-bond donors (Lipinski definition) is 1. The van der Waals surface area contributed by atoms with E-state index in [0.29, 0.717) is 86.1 Å². The standard InChI is InChI=1S/C46H64N2O18S4/c1-45(21-12-32-67(51,52)53)38-34-36(69(57,58)59)17-19-40(38)47(23-11-7-10-16-44(49)50)42(45)14-8-5-4-6-9-15-43-46(2,22-13-33-68(54,55)56)39-35-37(70(60,61)62)18-20-41(39)48(43)24-25-64-28-29-66-31-30-65-27-26-63-3/h4-6,8-9,14-15,17-20,34-35H,7,10-13,16,21-33H2,1-3H3,(H4-,49,50,51,52,53,54,55,56,57,58,59,60,61,62)/p-3. The number of hydrogen-bond acceptors (Lipinski definition) is 18. The van der Waals surface area contributed by atoms with Gasteiger partial charge >= 0.3 is 5.97 Å². The van der Waals surface area contributed by atoms with E-state index >= 15 is 0 Å². The summed E-state index contributed by atoms with van der Waals surface area (Å²) in [5, 5.41) is 9.13. The van der Waals surface area contributed by atoms with E-state index in [4.69, 9.17) is 24.1 Å². The molecule has 2 aromatic carbocycles. The Morgan fingerprint density at radius 1 is 0.657 bits per heavy atom. The van der Waals surface area contributed by atoms with Gasteiger partial charge in [0.2, 0.25) is 5.69 Å². The van der Waals surface area contributed by atoms with Crippen molar-refractivity contribution >= 4 is 63.5 Å². The molecule has 1 N–H and O–H groups in total. The SMILES string of the molecule is COCCOCCOCCOCCN1/C(=C/C=C/C=C/C=C/C2=[N+](CCCCCC(=O)O)c3ccc(S(=O)(=O)[O-])cc3C2(C)CCCS(=O)(=O)[O-])C(C)(CCCS(=O)(=O)[O-])c2cc(S(=O)(=O)[O-])ccc21. The summed E-state index contributed by atoms with van der Waals surface area (Å²) in [7, 11) is -17.4. The summed E-state index contributed by atoms with van der Waals surface area (Å²) >= 11 is 0. The number of nitrogens with zero attached hydrogens (tertiary/aromatic N) is 2. The third-order valence-corrected chi connectivity index (χ3v) is 15.2. The predicted octanol–water partition coefficient (Wildman–Crippen LogP) is 4.17. The van der Waals surface area contributed by atoms with Crippen LogP contribution < -0.4 is 4.90 Å². The lowest BCUT2D eigenvalue weighted by Crippen LogP contribution is -2.32. The topological polar surface area (TPSA) is 309 Å². The molecule has 2 aliphatic heterocycles. The second-order valence-electron chi connectivity index (χ2n) is 17.1. The summed E-state index contributed by atoms with van der Waals surface area (Å²) < 4.78 is 167. The number of ether oxygens (including phenoxy) is 4. The number of allylic oxidation sites excluding steroid dienone is 8. The van der Waals surface area contributed by atoms with Crippen molar-refractivity contribution in [2.45, 2.75) is 85.8 Å². The van der Waals surface area contributed by atoms with Crippen molar-refractivity contribution in [1.82, 2.24) is 0 Å². The zero-order chi connectivity index (χ0) is 51.8. The number of aliphatic carboxylic acids is 1. The highest BCUT2D eigenvalue weighted by molar-refractivity contribution is 7.86. The van der Waals surface area contributed by atoms with Crippen molar-refractivity contribution in [3.63, 3.8) is 0 Å². The molecule has 0 saturated heterocycles. The summed E-state index contributed by atoms with van der Waals surface area (Å²) in [4.78, 5) is 12.0. The molecule has 2 heterocycles. The van der Waals surface area contributed by atoms with Crippen molar-refractivity contribution in [1.29, 1.82) is 0 Å². The molecule has 0 amide bonds. The van der Waals surface area contributed by atoms with Crippen LogP contribution in [0.5, 0.6) is 0 Å². The van der Waals surface area contributed by atoms with E-state index < -0.39 is 78.6 Å². The molecule has 2 atom stereocenters. The molecule has 0 spiro atoms. The summed E-state index contributed by atoms with van der Waals surface area (Å²) in [5.41, 5.74) is 0.998. The Kier molecular flexibility index (Phi) is 21.7. The lowest BCUT2D eigenvalue weighted by molar-refractivity contribution is -0.438. The van der Waals surface area contributed by atoms with Crippen LogP contribution in [0.1, 0.15) is 76.3 Å². The number of carboxylic acids is 1. The number of carbonyl (C=O) groups is 1. The molecular weight excluding hydrogens is 997 g/mol. The van der Waals surface area contributed by atoms with Crippen molar-refractivity contribution in [2.75, 3.05) is 82.9 Å². The van der Waals surface area contributed by atoms with Crippen LogP contribution in [-0.4, -0.2) is 151 Å². The zero-order valence-electron chi connectivity index (χ0n) is 39.4. The largest absolute Gasteiger partial charge is 0.748 e. The number of rotatable bonds is 32. The van der Waals surface area contributed by atoms with E-state index in [2.05, 4.69) is 0 Å². The predicted molar refractivity (Wildman–Crippen MR) is 254 cm³/mol. The van der Waals surface area contributed by atoms with Gasteiger partial charge in [-0.3, -0.25) is 4.79 Å². The van der Waals surface area contributed by atoms with Gasteiger partial charge in [0.1, 0.15) is 26.8 Å². The molecule has 0 saturated carbocycles. The minimum Gasteiger partial charge on any atom is -0.748 e. The fourth-order valence-electron chi connectivity index (χ4n) is 8.64. The van der Waals surface area contributed by atoms with Crippen LogP contribution >= 0.6 is 0 Å². The van der Waals surface area contributed by atoms with Crippen molar-refractivity contribution in [3.8, 4) is 0 Å². The van der Waals surface area contributed by atoms with Crippen LogP contribution in [0, 0.1) is 0 Å². The van der Waals surface area contributed by atoms with Crippen LogP contribution in [-0.2, 0) is 75.0 Å². The monoisotopic (exact) mass is 1060 g/mol. The van der Waals surface area contributed by atoms with E-state index in [1.165, 1.54) is 36.4 Å². The van der Waals surface area contributed by atoms with Crippen LogP contribution in [0.2, 0.25) is 0 Å². The molecular formula is C46H61N2O18S4-3. The average Bonchev–Trinajstić information content (AvgIpc) is 3.62. The molecule has 4 rings (SSSR count). The number of methoxy groups -OCH3 is 1. The first-order chi connectivity index (χ1) is 32.8.